The molecule has 0 saturated carbocycles. The van der Waals surface area contributed by atoms with Crippen molar-refractivity contribution in [3.63, 3.8) is 0 Å². The molecular formula is C38H40O10. The lowest BCUT2D eigenvalue weighted by atomic mass is 9.95. The molecule has 0 aromatic heterocycles. The highest BCUT2D eigenvalue weighted by Crippen LogP contribution is 2.27. The van der Waals surface area contributed by atoms with Crippen LogP contribution in [0.25, 0.3) is 0 Å². The number of unbranched alkanes of at least 4 members (excludes halogenated alkanes) is 2. The smallest absolute Gasteiger partial charge is 0.343 e. The summed E-state index contributed by atoms with van der Waals surface area (Å²) < 4.78 is 33.6. The van der Waals surface area contributed by atoms with Gasteiger partial charge in [-0.1, -0.05) is 25.0 Å². The van der Waals surface area contributed by atoms with Gasteiger partial charge in [-0.2, -0.15) is 4.89 Å². The first kappa shape index (κ1) is 35.4. The van der Waals surface area contributed by atoms with Crippen molar-refractivity contribution < 1.29 is 47.8 Å². The van der Waals surface area contributed by atoms with Crippen LogP contribution < -0.4 is 18.9 Å². The summed E-state index contributed by atoms with van der Waals surface area (Å²) in [6.45, 7) is 8.63. The molecule has 0 N–H and O–H groups in total. The van der Waals surface area contributed by atoms with E-state index in [1.54, 1.807) is 30.3 Å². The number of fused-ring (bicyclic) bond motifs is 1. The Morgan fingerprint density at radius 3 is 2.04 bits per heavy atom. The number of hydrogen-bond donors (Lipinski definition) is 0. The van der Waals surface area contributed by atoms with Gasteiger partial charge in [0.1, 0.15) is 28.8 Å². The molecule has 3 aromatic carbocycles. The van der Waals surface area contributed by atoms with Gasteiger partial charge in [0.2, 0.25) is 6.79 Å². The fourth-order valence-corrected chi connectivity index (χ4v) is 4.48. The van der Waals surface area contributed by atoms with Crippen LogP contribution in [0.4, 0.5) is 0 Å². The van der Waals surface area contributed by atoms with Crippen molar-refractivity contribution in [3.05, 3.63) is 126 Å². The predicted octanol–water partition coefficient (Wildman–Crippen LogP) is 7.24. The average Bonchev–Trinajstić information content (AvgIpc) is 3.11. The van der Waals surface area contributed by atoms with Crippen LogP contribution in [0.5, 0.6) is 23.0 Å². The quantitative estimate of drug-likeness (QED) is 0.0134. The minimum absolute atomic E-state index is 0.0806. The SMILES string of the molecule is C=C=COOCCCCOc1ccc(OCOC2=CCc3cc(OC(=O)c4ccc(OCCCCOC(=O)C=C)cc4)ccc3C2)cc1. The van der Waals surface area contributed by atoms with E-state index in [1.807, 2.05) is 42.5 Å². The molecule has 0 fully saturated rings. The largest absolute Gasteiger partial charge is 0.494 e. The summed E-state index contributed by atoms with van der Waals surface area (Å²) >= 11 is 0. The van der Waals surface area contributed by atoms with Crippen molar-refractivity contribution in [3.8, 4) is 23.0 Å². The molecule has 3 aromatic rings. The molecule has 1 aliphatic carbocycles. The highest BCUT2D eigenvalue weighted by molar-refractivity contribution is 5.91. The molecule has 252 valence electrons. The average molecular weight is 657 g/mol. The lowest BCUT2D eigenvalue weighted by molar-refractivity contribution is -0.249. The minimum atomic E-state index is -0.452. The lowest BCUT2D eigenvalue weighted by Crippen LogP contribution is -2.11. The fraction of sp³-hybridized carbons (Fsp3) is 0.289. The van der Waals surface area contributed by atoms with E-state index >= 15 is 0 Å². The number of rotatable bonds is 21. The zero-order valence-electron chi connectivity index (χ0n) is 26.9. The van der Waals surface area contributed by atoms with Crippen molar-refractivity contribution in [2.24, 2.45) is 0 Å². The van der Waals surface area contributed by atoms with Crippen LogP contribution >= 0.6 is 0 Å². The molecule has 10 nitrogen and oxygen atoms in total. The Morgan fingerprint density at radius 1 is 0.729 bits per heavy atom. The van der Waals surface area contributed by atoms with Crippen LogP contribution in [-0.4, -0.2) is 45.2 Å². The van der Waals surface area contributed by atoms with E-state index in [9.17, 15) is 9.59 Å². The third-order valence-electron chi connectivity index (χ3n) is 6.99. The van der Waals surface area contributed by atoms with Crippen molar-refractivity contribution >= 4 is 11.9 Å². The van der Waals surface area contributed by atoms with Crippen LogP contribution in [0.1, 0.15) is 47.2 Å². The van der Waals surface area contributed by atoms with Crippen molar-refractivity contribution in [2.45, 2.75) is 38.5 Å². The van der Waals surface area contributed by atoms with E-state index in [-0.39, 0.29) is 6.79 Å². The van der Waals surface area contributed by atoms with E-state index in [0.717, 1.165) is 48.0 Å². The second-order valence-electron chi connectivity index (χ2n) is 10.5. The zero-order valence-corrected chi connectivity index (χ0v) is 26.9. The number of carbonyl (C=O) groups is 2. The Morgan fingerprint density at radius 2 is 1.35 bits per heavy atom. The highest BCUT2D eigenvalue weighted by atomic mass is 17.2. The molecule has 48 heavy (non-hydrogen) atoms. The Bertz CT molecular complexity index is 1550. The van der Waals surface area contributed by atoms with Crippen LogP contribution in [0.15, 0.2) is 110 Å². The number of carbonyl (C=O) groups excluding carboxylic acids is 2. The van der Waals surface area contributed by atoms with Crippen LogP contribution in [0, 0.1) is 0 Å². The number of ether oxygens (including phenoxy) is 6. The minimum Gasteiger partial charge on any atom is -0.494 e. The molecule has 0 spiro atoms. The molecule has 0 saturated heterocycles. The normalized spacial score (nSPS) is 11.5. The molecule has 0 amide bonds. The summed E-state index contributed by atoms with van der Waals surface area (Å²) in [4.78, 5) is 33.4. The van der Waals surface area contributed by atoms with E-state index < -0.39 is 11.9 Å². The van der Waals surface area contributed by atoms with Gasteiger partial charge in [-0.05, 0) is 110 Å². The topological polar surface area (TPSA) is 108 Å². The number of hydrogen-bond acceptors (Lipinski definition) is 10. The van der Waals surface area contributed by atoms with E-state index in [2.05, 4.69) is 18.9 Å². The molecule has 1 aliphatic rings. The van der Waals surface area contributed by atoms with Gasteiger partial charge in [-0.3, -0.25) is 0 Å². The van der Waals surface area contributed by atoms with Crippen LogP contribution in [-0.2, 0) is 36.9 Å². The van der Waals surface area contributed by atoms with E-state index in [0.29, 0.717) is 68.5 Å². The van der Waals surface area contributed by atoms with E-state index in [1.165, 1.54) is 6.26 Å². The van der Waals surface area contributed by atoms with Crippen molar-refractivity contribution in [2.75, 3.05) is 33.2 Å². The third kappa shape index (κ3) is 12.4. The maximum atomic E-state index is 12.7. The van der Waals surface area contributed by atoms with Gasteiger partial charge in [-0.25, -0.2) is 9.59 Å². The van der Waals surface area contributed by atoms with Gasteiger partial charge in [-0.15, -0.1) is 0 Å². The monoisotopic (exact) mass is 656 g/mol. The summed E-state index contributed by atoms with van der Waals surface area (Å²) in [6.07, 6.45) is 8.70. The highest BCUT2D eigenvalue weighted by Gasteiger charge is 2.15. The molecule has 0 bridgehead atoms. The van der Waals surface area contributed by atoms with Gasteiger partial charge in [0.05, 0.1) is 32.0 Å². The Kier molecular flexibility index (Phi) is 14.7. The van der Waals surface area contributed by atoms with Crippen molar-refractivity contribution in [1.29, 1.82) is 0 Å². The first-order valence-corrected chi connectivity index (χ1v) is 15.7. The van der Waals surface area contributed by atoms with Gasteiger partial charge >= 0.3 is 11.9 Å². The van der Waals surface area contributed by atoms with Gasteiger partial charge < -0.3 is 33.3 Å². The summed E-state index contributed by atoms with van der Waals surface area (Å²) in [7, 11) is 0. The number of esters is 2. The fourth-order valence-electron chi connectivity index (χ4n) is 4.48. The molecule has 0 aliphatic heterocycles. The summed E-state index contributed by atoms with van der Waals surface area (Å²) in [6, 6.07) is 19.8. The molecule has 0 heterocycles. The lowest BCUT2D eigenvalue weighted by Gasteiger charge is -2.19. The summed E-state index contributed by atoms with van der Waals surface area (Å²) in [5, 5.41) is 0. The maximum Gasteiger partial charge on any atom is 0.343 e. The second-order valence-corrected chi connectivity index (χ2v) is 10.5. The Balaban J connectivity index is 1.12. The summed E-state index contributed by atoms with van der Waals surface area (Å²) in [5.74, 6) is 2.48. The molecule has 0 unspecified atom stereocenters. The summed E-state index contributed by atoms with van der Waals surface area (Å²) in [5.41, 5.74) is 5.04. The van der Waals surface area contributed by atoms with Crippen molar-refractivity contribution in [1.82, 2.24) is 0 Å². The second kappa shape index (κ2) is 19.9. The van der Waals surface area contributed by atoms with Crippen LogP contribution in [0.3, 0.4) is 0 Å². The Labute approximate surface area is 280 Å². The van der Waals surface area contributed by atoms with Gasteiger partial charge in [0.15, 0.2) is 6.26 Å². The molecule has 10 heteroatoms. The van der Waals surface area contributed by atoms with E-state index in [4.69, 9.17) is 38.2 Å². The molecule has 0 atom stereocenters. The third-order valence-corrected chi connectivity index (χ3v) is 6.99. The predicted molar refractivity (Wildman–Crippen MR) is 178 cm³/mol. The number of allylic oxidation sites excluding steroid dienone is 2. The Hall–Kier alpha value is -5.44. The first-order valence-electron chi connectivity index (χ1n) is 15.7. The molecule has 4 rings (SSSR count). The zero-order chi connectivity index (χ0) is 33.8. The molecular weight excluding hydrogens is 616 g/mol. The standard InChI is InChI=1S/C38H40O10/c1-3-21-46-47-25-8-7-23-42-33-17-19-34(20-18-33)44-28-45-35-15-11-31-27-36(16-12-30(31)26-35)48-38(40)29-9-13-32(14-10-29)41-22-5-6-24-43-37(39)4-2/h4,9-10,12-21,27H,1-2,5-8,11,22-26,28H2. The van der Waals surface area contributed by atoms with Crippen LogP contribution in [0.2, 0.25) is 0 Å². The van der Waals surface area contributed by atoms with Gasteiger partial charge in [0.25, 0.3) is 0 Å². The number of benzene rings is 3. The molecule has 0 radical (unpaired) electrons. The first-order chi connectivity index (χ1) is 23.5. The van der Waals surface area contributed by atoms with Gasteiger partial charge in [0, 0.05) is 12.5 Å². The maximum absolute atomic E-state index is 12.7.